The van der Waals surface area contributed by atoms with Crippen molar-refractivity contribution < 1.29 is 14.3 Å². The fraction of sp³-hybridized carbons (Fsp3) is 0.750. The number of aromatic nitrogens is 2. The molecule has 7 nitrogen and oxygen atoms in total. The summed E-state index contributed by atoms with van der Waals surface area (Å²) in [4.78, 5) is 25.0. The van der Waals surface area contributed by atoms with E-state index in [9.17, 15) is 4.79 Å². The number of ether oxygens (including phenoxy) is 2. The number of nitrogens with zero attached hydrogens (tertiary/aromatic N) is 4. The molecule has 1 aromatic heterocycles. The van der Waals surface area contributed by atoms with Crippen LogP contribution in [0.15, 0.2) is 18.7 Å². The lowest BCUT2D eigenvalue weighted by molar-refractivity contribution is 0.0252. The number of rotatable bonds is 7. The number of likely N-dealkylation sites (tertiary alicyclic amines) is 1. The minimum absolute atomic E-state index is 0.203. The quantitative estimate of drug-likeness (QED) is 0.679. The molecule has 0 aliphatic carbocycles. The maximum Gasteiger partial charge on any atom is 0.410 e. The maximum absolute atomic E-state index is 12.4. The van der Waals surface area contributed by atoms with Gasteiger partial charge >= 0.3 is 6.09 Å². The van der Waals surface area contributed by atoms with E-state index in [1.54, 1.807) is 13.4 Å². The fourth-order valence-electron chi connectivity index (χ4n) is 3.40. The normalized spacial score (nSPS) is 18.4. The topological polar surface area (TPSA) is 67.8 Å². The second-order valence-corrected chi connectivity index (χ2v) is 8.12. The van der Waals surface area contributed by atoms with Gasteiger partial charge in [0.2, 0.25) is 0 Å². The van der Waals surface area contributed by atoms with Crippen molar-refractivity contribution in [1.82, 2.24) is 19.8 Å². The number of methoxy groups -OCH3 is 1. The van der Waals surface area contributed by atoms with E-state index < -0.39 is 5.60 Å². The van der Waals surface area contributed by atoms with Crippen LogP contribution in [-0.2, 0) is 16.0 Å². The molecule has 1 fully saturated rings. The molecular formula is C20H34N4O3. The van der Waals surface area contributed by atoms with Crippen LogP contribution in [0.4, 0.5) is 4.79 Å². The molecule has 1 saturated heterocycles. The molecule has 1 amide bonds. The van der Waals surface area contributed by atoms with E-state index >= 15 is 0 Å². The summed E-state index contributed by atoms with van der Waals surface area (Å²) in [6.07, 6.45) is 9.08. The van der Waals surface area contributed by atoms with E-state index in [2.05, 4.69) is 14.9 Å². The maximum atomic E-state index is 12.4. The SMILES string of the molecule is COCCCN(Cc1cncnc1)[C@H]1CCCN(C(=O)OC(C)(C)C)CC1. The molecule has 0 saturated carbocycles. The Hall–Kier alpha value is -1.73. The second kappa shape index (κ2) is 10.6. The van der Waals surface area contributed by atoms with Gasteiger partial charge in [-0.05, 0) is 46.5 Å². The Balaban J connectivity index is 1.97. The van der Waals surface area contributed by atoms with Crippen LogP contribution in [0, 0.1) is 0 Å². The molecule has 1 aliphatic rings. The summed E-state index contributed by atoms with van der Waals surface area (Å²) in [5, 5.41) is 0. The number of carbonyl (C=O) groups is 1. The smallest absolute Gasteiger partial charge is 0.410 e. The van der Waals surface area contributed by atoms with Crippen molar-refractivity contribution in [2.45, 2.75) is 64.6 Å². The van der Waals surface area contributed by atoms with E-state index in [0.717, 1.165) is 64.0 Å². The Morgan fingerprint density at radius 2 is 2.00 bits per heavy atom. The highest BCUT2D eigenvalue weighted by Crippen LogP contribution is 2.21. The van der Waals surface area contributed by atoms with Crippen molar-refractivity contribution in [1.29, 1.82) is 0 Å². The van der Waals surface area contributed by atoms with Crippen molar-refractivity contribution in [3.8, 4) is 0 Å². The molecule has 0 aromatic carbocycles. The van der Waals surface area contributed by atoms with Crippen molar-refractivity contribution in [2.24, 2.45) is 0 Å². The van der Waals surface area contributed by atoms with Crippen molar-refractivity contribution >= 4 is 6.09 Å². The third-order valence-corrected chi connectivity index (χ3v) is 4.66. The van der Waals surface area contributed by atoms with Crippen LogP contribution in [-0.4, -0.2) is 70.9 Å². The molecule has 27 heavy (non-hydrogen) atoms. The summed E-state index contributed by atoms with van der Waals surface area (Å²) >= 11 is 0. The monoisotopic (exact) mass is 378 g/mol. The van der Waals surface area contributed by atoms with Gasteiger partial charge in [0.1, 0.15) is 11.9 Å². The molecule has 7 heteroatoms. The van der Waals surface area contributed by atoms with Crippen LogP contribution in [0.2, 0.25) is 0 Å². The van der Waals surface area contributed by atoms with Gasteiger partial charge < -0.3 is 14.4 Å². The zero-order valence-electron chi connectivity index (χ0n) is 17.2. The Morgan fingerprint density at radius 1 is 1.26 bits per heavy atom. The molecule has 0 spiro atoms. The molecule has 1 aromatic rings. The number of hydrogen-bond acceptors (Lipinski definition) is 6. The minimum Gasteiger partial charge on any atom is -0.444 e. The van der Waals surface area contributed by atoms with Gasteiger partial charge in [-0.2, -0.15) is 0 Å². The highest BCUT2D eigenvalue weighted by molar-refractivity contribution is 5.68. The third kappa shape index (κ3) is 7.81. The number of carbonyl (C=O) groups excluding carboxylic acids is 1. The van der Waals surface area contributed by atoms with Crippen LogP contribution >= 0.6 is 0 Å². The average Bonchev–Trinajstić information content (AvgIpc) is 2.87. The van der Waals surface area contributed by atoms with Gasteiger partial charge in [-0.15, -0.1) is 0 Å². The van der Waals surface area contributed by atoms with Crippen LogP contribution in [0.3, 0.4) is 0 Å². The molecule has 152 valence electrons. The summed E-state index contributed by atoms with van der Waals surface area (Å²) in [5.41, 5.74) is 0.658. The molecule has 2 rings (SSSR count). The zero-order chi connectivity index (χ0) is 19.7. The molecule has 0 N–H and O–H groups in total. The molecular weight excluding hydrogens is 344 g/mol. The largest absolute Gasteiger partial charge is 0.444 e. The number of hydrogen-bond donors (Lipinski definition) is 0. The Kier molecular flexibility index (Phi) is 8.44. The summed E-state index contributed by atoms with van der Waals surface area (Å²) in [6, 6.07) is 0.425. The van der Waals surface area contributed by atoms with Crippen LogP contribution < -0.4 is 0 Å². The first kappa shape index (κ1) is 21.6. The van der Waals surface area contributed by atoms with E-state index in [-0.39, 0.29) is 6.09 Å². The molecule has 0 unspecified atom stereocenters. The van der Waals surface area contributed by atoms with Crippen LogP contribution in [0.1, 0.15) is 52.0 Å². The van der Waals surface area contributed by atoms with Gasteiger partial charge in [-0.25, -0.2) is 14.8 Å². The highest BCUT2D eigenvalue weighted by atomic mass is 16.6. The van der Waals surface area contributed by atoms with Crippen LogP contribution in [0.5, 0.6) is 0 Å². The van der Waals surface area contributed by atoms with E-state index in [1.807, 2.05) is 38.1 Å². The first-order valence-electron chi connectivity index (χ1n) is 9.84. The summed E-state index contributed by atoms with van der Waals surface area (Å²) in [5.74, 6) is 0. The standard InChI is InChI=1S/C20H34N4O3/c1-20(2,3)27-19(25)23-9-5-7-18(8-11-23)24(10-6-12-26-4)15-17-13-21-16-22-14-17/h13-14,16,18H,5-12,15H2,1-4H3/t18-/m0/s1. The first-order chi connectivity index (χ1) is 12.9. The Bertz CT molecular complexity index is 562. The Morgan fingerprint density at radius 3 is 2.67 bits per heavy atom. The highest BCUT2D eigenvalue weighted by Gasteiger charge is 2.27. The van der Waals surface area contributed by atoms with Gasteiger partial charge in [-0.1, -0.05) is 0 Å². The van der Waals surface area contributed by atoms with Crippen molar-refractivity contribution in [3.05, 3.63) is 24.3 Å². The predicted octanol–water partition coefficient (Wildman–Crippen LogP) is 3.10. The van der Waals surface area contributed by atoms with E-state index in [4.69, 9.17) is 9.47 Å². The lowest BCUT2D eigenvalue weighted by atomic mass is 10.1. The molecule has 0 bridgehead atoms. The fourth-order valence-corrected chi connectivity index (χ4v) is 3.40. The molecule has 0 radical (unpaired) electrons. The van der Waals surface area contributed by atoms with Gasteiger partial charge in [0, 0.05) is 63.9 Å². The van der Waals surface area contributed by atoms with Gasteiger partial charge in [0.05, 0.1) is 0 Å². The molecule has 1 aliphatic heterocycles. The van der Waals surface area contributed by atoms with Gasteiger partial charge in [-0.3, -0.25) is 4.90 Å². The molecule has 2 heterocycles. The predicted molar refractivity (Wildman–Crippen MR) is 104 cm³/mol. The first-order valence-corrected chi connectivity index (χ1v) is 9.84. The zero-order valence-corrected chi connectivity index (χ0v) is 17.2. The summed E-state index contributed by atoms with van der Waals surface area (Å²) in [6.45, 7) is 9.73. The lowest BCUT2D eigenvalue weighted by Crippen LogP contribution is -2.39. The van der Waals surface area contributed by atoms with E-state index in [0.29, 0.717) is 6.04 Å². The number of amides is 1. The minimum atomic E-state index is -0.456. The third-order valence-electron chi connectivity index (χ3n) is 4.66. The van der Waals surface area contributed by atoms with Gasteiger partial charge in [0.15, 0.2) is 0 Å². The summed E-state index contributed by atoms with van der Waals surface area (Å²) in [7, 11) is 1.74. The Labute approximate surface area is 163 Å². The van der Waals surface area contributed by atoms with Crippen LogP contribution in [0.25, 0.3) is 0 Å². The van der Waals surface area contributed by atoms with E-state index in [1.165, 1.54) is 0 Å². The second-order valence-electron chi connectivity index (χ2n) is 8.12. The molecule has 1 atom stereocenters. The lowest BCUT2D eigenvalue weighted by Gasteiger charge is -2.31. The average molecular weight is 379 g/mol. The van der Waals surface area contributed by atoms with Crippen molar-refractivity contribution in [2.75, 3.05) is 33.4 Å². The van der Waals surface area contributed by atoms with Crippen molar-refractivity contribution in [3.63, 3.8) is 0 Å². The summed E-state index contributed by atoms with van der Waals surface area (Å²) < 4.78 is 10.8. The van der Waals surface area contributed by atoms with Gasteiger partial charge in [0.25, 0.3) is 0 Å².